The van der Waals surface area contributed by atoms with Crippen molar-refractivity contribution in [3.63, 3.8) is 0 Å². The highest BCUT2D eigenvalue weighted by Gasteiger charge is 2.64. The van der Waals surface area contributed by atoms with Crippen molar-refractivity contribution in [1.29, 1.82) is 0 Å². The third-order valence-corrected chi connectivity index (χ3v) is 21.0. The van der Waals surface area contributed by atoms with Crippen molar-refractivity contribution in [2.45, 2.75) is 241 Å². The summed E-state index contributed by atoms with van der Waals surface area (Å²) >= 11 is 0. The summed E-state index contributed by atoms with van der Waals surface area (Å²) in [6.07, 6.45) is 2.08. The second-order valence-electron chi connectivity index (χ2n) is 26.1. The van der Waals surface area contributed by atoms with Crippen LogP contribution in [0.1, 0.15) is 161 Å². The van der Waals surface area contributed by atoms with E-state index in [0.29, 0.717) is 38.5 Å². The molecular formula is C63H98O15. The van der Waals surface area contributed by atoms with Crippen LogP contribution in [0.5, 0.6) is 0 Å². The predicted octanol–water partition coefficient (Wildman–Crippen LogP) is 9.07. The van der Waals surface area contributed by atoms with Gasteiger partial charge in [0.15, 0.2) is 30.4 Å². The van der Waals surface area contributed by atoms with Gasteiger partial charge in [-0.2, -0.15) is 0 Å². The summed E-state index contributed by atoms with van der Waals surface area (Å²) < 4.78 is 44.6. The van der Waals surface area contributed by atoms with Crippen molar-refractivity contribution in [3.8, 4) is 0 Å². The molecule has 1 spiro atoms. The number of ether oxygens (including phenoxy) is 7. The van der Waals surface area contributed by atoms with Crippen molar-refractivity contribution in [2.75, 3.05) is 13.7 Å². The van der Waals surface area contributed by atoms with Crippen LogP contribution < -0.4 is 0 Å². The highest BCUT2D eigenvalue weighted by Crippen LogP contribution is 2.64. The molecule has 8 rings (SSSR count). The molecule has 0 aromatic rings. The third-order valence-electron chi connectivity index (χ3n) is 21.0. The molecule has 15 heteroatoms. The molecule has 8 aliphatic rings. The summed E-state index contributed by atoms with van der Waals surface area (Å²) in [5.74, 6) is -2.61. The molecule has 1 saturated carbocycles. The monoisotopic (exact) mass is 1090 g/mol. The van der Waals surface area contributed by atoms with Crippen molar-refractivity contribution < 1.29 is 73.1 Å². The van der Waals surface area contributed by atoms with Gasteiger partial charge in [-0.15, -0.1) is 0 Å². The van der Waals surface area contributed by atoms with E-state index in [0.717, 1.165) is 24.0 Å². The molecule has 0 amide bonds. The summed E-state index contributed by atoms with van der Waals surface area (Å²) in [5, 5.41) is 56.9. The van der Waals surface area contributed by atoms with Gasteiger partial charge < -0.3 is 58.7 Å². The minimum atomic E-state index is -1.21. The Hall–Kier alpha value is -2.67. The highest BCUT2D eigenvalue weighted by molar-refractivity contribution is 6.24. The Morgan fingerprint density at radius 3 is 1.91 bits per heavy atom. The van der Waals surface area contributed by atoms with Gasteiger partial charge in [-0.25, -0.2) is 0 Å². The van der Waals surface area contributed by atoms with Gasteiger partial charge in [-0.1, -0.05) is 90.3 Å². The second kappa shape index (κ2) is 24.7. The lowest BCUT2D eigenvalue weighted by molar-refractivity contribution is -0.338. The maximum atomic E-state index is 16.3. The van der Waals surface area contributed by atoms with E-state index in [2.05, 4.69) is 73.6 Å². The van der Waals surface area contributed by atoms with Crippen LogP contribution in [0.2, 0.25) is 0 Å². The number of methoxy groups -OCH3 is 1. The van der Waals surface area contributed by atoms with Gasteiger partial charge in [-0.3, -0.25) is 14.4 Å². The Morgan fingerprint density at radius 2 is 1.29 bits per heavy atom. The average Bonchev–Trinajstić information content (AvgIpc) is 3.87. The van der Waals surface area contributed by atoms with Crippen LogP contribution in [0.3, 0.4) is 0 Å². The number of aliphatic hydroxyl groups is 5. The summed E-state index contributed by atoms with van der Waals surface area (Å²) in [4.78, 5) is 45.4. The van der Waals surface area contributed by atoms with Crippen LogP contribution in [0.4, 0.5) is 0 Å². The predicted molar refractivity (Wildman–Crippen MR) is 293 cm³/mol. The van der Waals surface area contributed by atoms with Crippen LogP contribution in [-0.4, -0.2) is 137 Å². The number of allylic oxidation sites excluding steroid dienone is 7. The van der Waals surface area contributed by atoms with Crippen molar-refractivity contribution in [2.24, 2.45) is 75.9 Å². The van der Waals surface area contributed by atoms with Gasteiger partial charge in [0.05, 0.1) is 48.3 Å². The summed E-state index contributed by atoms with van der Waals surface area (Å²) in [7, 11) is 1.59. The van der Waals surface area contributed by atoms with E-state index in [4.69, 9.17) is 33.2 Å². The van der Waals surface area contributed by atoms with Crippen LogP contribution in [0.15, 0.2) is 46.3 Å². The molecular weight excluding hydrogens is 997 g/mol. The Bertz CT molecular complexity index is 2270. The SMILES string of the molecule is CC/C1=C/[C@H](CO)C[C@@H](C)[C@H](O[C@H]2C[C@H](O)[C@H](O[C@H]3C[C@H](OC)[C@@H](O[C@H]4C[C@H](O)[C@H](O)[C@@H](C)O4)[C@H](C)O3)[C@@H](C)O2)[C@H](C)CCC(C)[C@H]2C=C(C)[C@H](C)C[C@]23CC(=O)C(=C3O)C(=O)[C@]2(CC)[C@@H]3[C@H](C=C(C)[C@H]12)[C@@H](C)CC(=O)[C@@H]3C. The zero-order valence-electron chi connectivity index (χ0n) is 49.4. The quantitative estimate of drug-likeness (QED) is 0.102. The molecule has 1 unspecified atom stereocenters. The number of carbonyl (C=O) groups excluding carboxylic acids is 3. The molecule has 15 nitrogen and oxygen atoms in total. The number of carbonyl (C=O) groups is 3. The summed E-state index contributed by atoms with van der Waals surface area (Å²) in [6.45, 7) is 26.4. The summed E-state index contributed by atoms with van der Waals surface area (Å²) in [5.41, 5.74) is 0.981. The molecule has 78 heavy (non-hydrogen) atoms. The molecule has 3 heterocycles. The first kappa shape index (κ1) is 61.4. The molecule has 0 aromatic heterocycles. The Morgan fingerprint density at radius 1 is 0.692 bits per heavy atom. The van der Waals surface area contributed by atoms with Gasteiger partial charge in [-0.05, 0) is 120 Å². The maximum absolute atomic E-state index is 16.3. The normalized spacial score (nSPS) is 48.7. The van der Waals surface area contributed by atoms with Gasteiger partial charge in [0.25, 0.3) is 0 Å². The molecule has 0 radical (unpaired) electrons. The number of Topliss-reactive ketones (excluding diaryl/α,β-unsaturated/α-hetero) is 3. The zero-order chi connectivity index (χ0) is 57.0. The fourth-order valence-electron chi connectivity index (χ4n) is 16.7. The van der Waals surface area contributed by atoms with Crippen LogP contribution in [0.25, 0.3) is 0 Å². The topological polar surface area (TPSA) is 217 Å². The Balaban J connectivity index is 1.09. The van der Waals surface area contributed by atoms with Gasteiger partial charge >= 0.3 is 0 Å². The highest BCUT2D eigenvalue weighted by atomic mass is 16.7. The van der Waals surface area contributed by atoms with Crippen molar-refractivity contribution >= 4 is 17.3 Å². The second-order valence-corrected chi connectivity index (χ2v) is 26.1. The van der Waals surface area contributed by atoms with Gasteiger partial charge in [0, 0.05) is 74.4 Å². The molecule has 440 valence electrons. The number of aliphatic hydroxyl groups excluding tert-OH is 5. The molecule has 26 atom stereocenters. The first-order valence-electron chi connectivity index (χ1n) is 30.1. The number of ketones is 3. The largest absolute Gasteiger partial charge is 0.511 e. The maximum Gasteiger partial charge on any atom is 0.177 e. The molecule has 4 fully saturated rings. The zero-order valence-corrected chi connectivity index (χ0v) is 49.4. The molecule has 0 aromatic carbocycles. The fraction of sp³-hybridized carbons (Fsp3) is 0.825. The average molecular weight is 1100 g/mol. The Labute approximate surface area is 465 Å². The first-order chi connectivity index (χ1) is 36.8. The lowest BCUT2D eigenvalue weighted by Crippen LogP contribution is -2.57. The molecule has 5 aliphatic carbocycles. The molecule has 3 saturated heterocycles. The van der Waals surface area contributed by atoms with E-state index in [1.54, 1.807) is 14.0 Å². The Kier molecular flexibility index (Phi) is 19.4. The minimum Gasteiger partial charge on any atom is -0.511 e. The van der Waals surface area contributed by atoms with Crippen LogP contribution >= 0.6 is 0 Å². The van der Waals surface area contributed by atoms with E-state index in [1.807, 2.05) is 27.7 Å². The lowest BCUT2D eigenvalue weighted by atomic mass is 9.45. The third kappa shape index (κ3) is 11.4. The van der Waals surface area contributed by atoms with Crippen molar-refractivity contribution in [3.05, 3.63) is 46.3 Å². The standard InChI is InChI=1S/C63H98O15/c1-15-42-23-41(29-64)19-35(8)57(76-51-25-47(67)58(39(12)74-51)77-52-26-49(72-14)59(40(13)75-52)78-50-24-46(66)56(69)38(11)73-50)31(4)18-17-30(3)44-21-32(5)36(9)27-62(44)28-48(68)53(60(62)70)61(71)63(16-2)54(42)34(7)20-43-33(6)22-45(65)37(10)55(43)63/h20-21,23,30-31,33,35-41,43-44,46-47,49-52,54-59,64,66-67,69-70H,15-19,22,24-29H2,1-14H3/b42-23-/t30?,31-,33+,35-,36-,37+,38-,39-,40+,41-,43-,44-,46+,47+,49+,50+,51+,52+,54-,55+,56-,57-,58-,59+,62+,63+/m1/s1. The fourth-order valence-corrected chi connectivity index (χ4v) is 16.7. The minimum absolute atomic E-state index is 0.000353. The van der Waals surface area contributed by atoms with Crippen molar-refractivity contribution in [1.82, 2.24) is 0 Å². The number of rotatable bonds is 10. The number of hydrogen-bond donors (Lipinski definition) is 5. The smallest absolute Gasteiger partial charge is 0.177 e. The molecule has 3 aliphatic heterocycles. The van der Waals surface area contributed by atoms with E-state index in [1.165, 1.54) is 5.57 Å². The number of hydrogen-bond acceptors (Lipinski definition) is 15. The van der Waals surface area contributed by atoms with Crippen LogP contribution in [0, 0.1) is 75.9 Å². The lowest BCUT2D eigenvalue weighted by Gasteiger charge is -2.56. The van der Waals surface area contributed by atoms with Gasteiger partial charge in [0.1, 0.15) is 29.9 Å². The van der Waals surface area contributed by atoms with E-state index in [9.17, 15) is 35.1 Å². The van der Waals surface area contributed by atoms with E-state index < -0.39 is 102 Å². The van der Waals surface area contributed by atoms with Gasteiger partial charge in [0.2, 0.25) is 0 Å². The molecule has 2 bridgehead atoms. The van der Waals surface area contributed by atoms with E-state index in [-0.39, 0.29) is 108 Å². The summed E-state index contributed by atoms with van der Waals surface area (Å²) in [6, 6.07) is 0. The first-order valence-corrected chi connectivity index (χ1v) is 30.1. The molecule has 5 N–H and O–H groups in total. The van der Waals surface area contributed by atoms with E-state index >= 15 is 4.79 Å². The number of fused-ring (bicyclic) bond motifs is 3. The van der Waals surface area contributed by atoms with Crippen LogP contribution in [-0.2, 0) is 47.5 Å².